The quantitative estimate of drug-likeness (QED) is 0.806. The third-order valence-corrected chi connectivity index (χ3v) is 3.39. The summed E-state index contributed by atoms with van der Waals surface area (Å²) in [7, 11) is 1.71. The van der Waals surface area contributed by atoms with E-state index >= 15 is 0 Å². The predicted molar refractivity (Wildman–Crippen MR) is 77.6 cm³/mol. The number of hydrogen-bond donors (Lipinski definition) is 0. The number of pyridine rings is 1. The van der Waals surface area contributed by atoms with Gasteiger partial charge in [-0.25, -0.2) is 9.97 Å². The molecule has 4 nitrogen and oxygen atoms in total. The zero-order valence-electron chi connectivity index (χ0n) is 12.1. The molecule has 1 unspecified atom stereocenters. The van der Waals surface area contributed by atoms with Gasteiger partial charge in [-0.15, -0.1) is 11.6 Å². The fourth-order valence-corrected chi connectivity index (χ4v) is 2.20. The molecule has 0 spiro atoms. The van der Waals surface area contributed by atoms with Gasteiger partial charge in [-0.05, 0) is 39.3 Å². The lowest BCUT2D eigenvalue weighted by molar-refractivity contribution is 0.00831. The van der Waals surface area contributed by atoms with Crippen LogP contribution in [0.1, 0.15) is 37.5 Å². The Labute approximate surface area is 118 Å². The molecular weight excluding hydrogens is 262 g/mol. The van der Waals surface area contributed by atoms with Crippen LogP contribution in [0.3, 0.4) is 0 Å². The Morgan fingerprint density at radius 1 is 1.47 bits per heavy atom. The molecule has 2 aromatic heterocycles. The van der Waals surface area contributed by atoms with Crippen molar-refractivity contribution >= 4 is 22.8 Å². The fraction of sp³-hybridized carbons (Fsp3) is 0.571. The molecule has 0 amide bonds. The minimum Gasteiger partial charge on any atom is -0.377 e. The first kappa shape index (κ1) is 14.3. The maximum absolute atomic E-state index is 6.24. The zero-order valence-corrected chi connectivity index (χ0v) is 12.8. The molecule has 0 fully saturated rings. The first-order chi connectivity index (χ1) is 8.84. The van der Waals surface area contributed by atoms with E-state index in [0.717, 1.165) is 22.6 Å². The van der Waals surface area contributed by atoms with E-state index in [2.05, 4.69) is 14.5 Å². The normalized spacial score (nSPS) is 14.0. The Morgan fingerprint density at radius 3 is 2.74 bits per heavy atom. The van der Waals surface area contributed by atoms with E-state index in [1.165, 1.54) is 0 Å². The molecule has 19 heavy (non-hydrogen) atoms. The van der Waals surface area contributed by atoms with Gasteiger partial charge in [-0.2, -0.15) is 0 Å². The summed E-state index contributed by atoms with van der Waals surface area (Å²) in [5.41, 5.74) is 2.55. The molecule has 0 bridgehead atoms. The van der Waals surface area contributed by atoms with E-state index in [-0.39, 0.29) is 11.0 Å². The van der Waals surface area contributed by atoms with Crippen molar-refractivity contribution in [2.24, 2.45) is 0 Å². The van der Waals surface area contributed by atoms with Crippen molar-refractivity contribution in [3.8, 4) is 0 Å². The standard InChI is InChI=1S/C14H20ClN3O/c1-9-6-11-13(16-7-9)18(8-14(3,4)19-5)12(17-11)10(2)15/h6-7,10H,8H2,1-5H3. The molecule has 0 N–H and O–H groups in total. The number of aromatic nitrogens is 3. The number of halogens is 1. The van der Waals surface area contributed by atoms with E-state index in [9.17, 15) is 0 Å². The molecule has 0 aliphatic carbocycles. The van der Waals surface area contributed by atoms with Crippen LogP contribution in [-0.4, -0.2) is 27.2 Å². The molecule has 0 aliphatic heterocycles. The first-order valence-electron chi connectivity index (χ1n) is 6.36. The number of fused-ring (bicyclic) bond motifs is 1. The third-order valence-electron chi connectivity index (χ3n) is 3.20. The molecule has 5 heteroatoms. The summed E-state index contributed by atoms with van der Waals surface area (Å²) in [4.78, 5) is 9.09. The highest BCUT2D eigenvalue weighted by Gasteiger charge is 2.23. The minimum absolute atomic E-state index is 0.165. The van der Waals surface area contributed by atoms with Gasteiger partial charge < -0.3 is 9.30 Å². The van der Waals surface area contributed by atoms with Gasteiger partial charge in [0, 0.05) is 13.3 Å². The highest BCUT2D eigenvalue weighted by atomic mass is 35.5. The van der Waals surface area contributed by atoms with Crippen LogP contribution in [0.15, 0.2) is 12.3 Å². The van der Waals surface area contributed by atoms with Gasteiger partial charge >= 0.3 is 0 Å². The van der Waals surface area contributed by atoms with Crippen LogP contribution in [0.25, 0.3) is 11.2 Å². The molecule has 104 valence electrons. The van der Waals surface area contributed by atoms with Gasteiger partial charge in [0.2, 0.25) is 0 Å². The zero-order chi connectivity index (χ0) is 14.2. The number of methoxy groups -OCH3 is 1. The topological polar surface area (TPSA) is 39.9 Å². The summed E-state index contributed by atoms with van der Waals surface area (Å²) >= 11 is 6.24. The lowest BCUT2D eigenvalue weighted by Gasteiger charge is -2.24. The van der Waals surface area contributed by atoms with Crippen LogP contribution >= 0.6 is 11.6 Å². The average molecular weight is 282 g/mol. The highest BCUT2D eigenvalue weighted by Crippen LogP contribution is 2.26. The second kappa shape index (κ2) is 5.10. The van der Waals surface area contributed by atoms with Gasteiger partial charge in [0.25, 0.3) is 0 Å². The lowest BCUT2D eigenvalue weighted by Crippen LogP contribution is -2.30. The van der Waals surface area contributed by atoms with Gasteiger partial charge in [0.05, 0.1) is 17.5 Å². The van der Waals surface area contributed by atoms with Gasteiger partial charge in [0.15, 0.2) is 5.65 Å². The fourth-order valence-electron chi connectivity index (χ4n) is 2.03. The smallest absolute Gasteiger partial charge is 0.160 e. The summed E-state index contributed by atoms with van der Waals surface area (Å²) in [5.74, 6) is 0.833. The lowest BCUT2D eigenvalue weighted by atomic mass is 10.1. The van der Waals surface area contributed by atoms with Crippen LogP contribution in [0.4, 0.5) is 0 Å². The van der Waals surface area contributed by atoms with Crippen molar-refractivity contribution in [3.63, 3.8) is 0 Å². The maximum atomic E-state index is 6.24. The third kappa shape index (κ3) is 2.90. The number of ether oxygens (including phenoxy) is 1. The van der Waals surface area contributed by atoms with E-state index < -0.39 is 0 Å². The van der Waals surface area contributed by atoms with Crippen molar-refractivity contribution in [2.45, 2.75) is 45.2 Å². The molecule has 0 aliphatic rings. The van der Waals surface area contributed by atoms with Gasteiger partial charge in [0.1, 0.15) is 11.3 Å². The van der Waals surface area contributed by atoms with Gasteiger partial charge in [-0.1, -0.05) is 0 Å². The molecule has 0 saturated carbocycles. The van der Waals surface area contributed by atoms with Crippen molar-refractivity contribution in [1.82, 2.24) is 14.5 Å². The number of alkyl halides is 1. The van der Waals surface area contributed by atoms with E-state index in [4.69, 9.17) is 16.3 Å². The average Bonchev–Trinajstić information content (AvgIpc) is 2.67. The molecular formula is C14H20ClN3O. The number of aryl methyl sites for hydroxylation is 1. The Kier molecular flexibility index (Phi) is 3.83. The van der Waals surface area contributed by atoms with E-state index in [1.54, 1.807) is 7.11 Å². The Bertz CT molecular complexity index is 590. The highest BCUT2D eigenvalue weighted by molar-refractivity contribution is 6.20. The molecule has 1 atom stereocenters. The molecule has 2 aromatic rings. The Hall–Kier alpha value is -1.13. The molecule has 0 radical (unpaired) electrons. The summed E-state index contributed by atoms with van der Waals surface area (Å²) < 4.78 is 7.55. The first-order valence-corrected chi connectivity index (χ1v) is 6.80. The SMILES string of the molecule is COC(C)(C)Cn1c(C(C)Cl)nc2cc(C)cnc21. The largest absolute Gasteiger partial charge is 0.377 e. The van der Waals surface area contributed by atoms with Crippen molar-refractivity contribution < 1.29 is 4.74 Å². The summed E-state index contributed by atoms with van der Waals surface area (Å²) in [5, 5.41) is -0.165. The van der Waals surface area contributed by atoms with Gasteiger partial charge in [-0.3, -0.25) is 0 Å². The summed E-state index contributed by atoms with van der Waals surface area (Å²) in [6.07, 6.45) is 1.85. The maximum Gasteiger partial charge on any atom is 0.160 e. The number of imidazole rings is 1. The molecule has 0 saturated heterocycles. The van der Waals surface area contributed by atoms with Crippen molar-refractivity contribution in [3.05, 3.63) is 23.7 Å². The predicted octanol–water partition coefficient (Wildman–Crippen LogP) is 3.46. The van der Waals surface area contributed by atoms with Crippen LogP contribution < -0.4 is 0 Å². The number of nitrogens with zero attached hydrogens (tertiary/aromatic N) is 3. The Morgan fingerprint density at radius 2 is 2.16 bits per heavy atom. The summed E-state index contributed by atoms with van der Waals surface area (Å²) in [6, 6.07) is 2.03. The summed E-state index contributed by atoms with van der Waals surface area (Å²) in [6.45, 7) is 8.67. The van der Waals surface area contributed by atoms with Crippen molar-refractivity contribution in [1.29, 1.82) is 0 Å². The van der Waals surface area contributed by atoms with E-state index in [1.807, 2.05) is 40.0 Å². The van der Waals surface area contributed by atoms with Crippen LogP contribution in [-0.2, 0) is 11.3 Å². The van der Waals surface area contributed by atoms with Crippen LogP contribution in [0, 0.1) is 6.92 Å². The second-order valence-electron chi connectivity index (χ2n) is 5.49. The number of rotatable bonds is 4. The number of hydrogen-bond acceptors (Lipinski definition) is 3. The van der Waals surface area contributed by atoms with Crippen LogP contribution in [0.2, 0.25) is 0 Å². The van der Waals surface area contributed by atoms with E-state index in [0.29, 0.717) is 6.54 Å². The molecule has 2 rings (SSSR count). The monoisotopic (exact) mass is 281 g/mol. The minimum atomic E-state index is -0.291. The molecule has 2 heterocycles. The van der Waals surface area contributed by atoms with Crippen LogP contribution in [0.5, 0.6) is 0 Å². The van der Waals surface area contributed by atoms with Crippen molar-refractivity contribution in [2.75, 3.05) is 7.11 Å². The molecule has 0 aromatic carbocycles. The Balaban J connectivity index is 2.59. The second-order valence-corrected chi connectivity index (χ2v) is 6.15.